The summed E-state index contributed by atoms with van der Waals surface area (Å²) in [7, 11) is 0. The summed E-state index contributed by atoms with van der Waals surface area (Å²) in [5.41, 5.74) is 12.6. The average molecular weight is 193 g/mol. The fourth-order valence-electron chi connectivity index (χ4n) is 0.991. The van der Waals surface area contributed by atoms with Crippen molar-refractivity contribution in [1.82, 2.24) is 0 Å². The van der Waals surface area contributed by atoms with Gasteiger partial charge in [-0.3, -0.25) is 0 Å². The van der Waals surface area contributed by atoms with Crippen LogP contribution in [0.4, 0.5) is 11.4 Å². The largest absolute Gasteiger partial charge is 0.397 e. The van der Waals surface area contributed by atoms with Crippen molar-refractivity contribution in [2.75, 3.05) is 17.2 Å². The zero-order chi connectivity index (χ0) is 9.84. The van der Waals surface area contributed by atoms with Gasteiger partial charge in [0.05, 0.1) is 16.9 Å². The lowest BCUT2D eigenvalue weighted by molar-refractivity contribution is 1.39. The predicted octanol–water partition coefficient (Wildman–Crippen LogP) is 1.83. The van der Waals surface area contributed by atoms with Crippen molar-refractivity contribution in [3.05, 3.63) is 17.7 Å². The zero-order valence-electron chi connectivity index (χ0n) is 7.37. The van der Waals surface area contributed by atoms with Crippen LogP contribution in [0.15, 0.2) is 17.0 Å². The second-order valence-electron chi connectivity index (χ2n) is 2.52. The highest BCUT2D eigenvalue weighted by atomic mass is 32.2. The van der Waals surface area contributed by atoms with Crippen LogP contribution in [0, 0.1) is 11.3 Å². The molecule has 0 bridgehead atoms. The number of nitriles is 1. The molecule has 0 aromatic heterocycles. The summed E-state index contributed by atoms with van der Waals surface area (Å²) in [5, 5.41) is 8.74. The molecule has 3 nitrogen and oxygen atoms in total. The molecule has 0 amide bonds. The van der Waals surface area contributed by atoms with Crippen LogP contribution in [0.25, 0.3) is 0 Å². The van der Waals surface area contributed by atoms with Crippen LogP contribution >= 0.6 is 11.8 Å². The summed E-state index contributed by atoms with van der Waals surface area (Å²) in [6.45, 7) is 2.04. The van der Waals surface area contributed by atoms with E-state index in [1.54, 1.807) is 23.9 Å². The first-order valence-corrected chi connectivity index (χ1v) is 4.89. The maximum atomic E-state index is 8.74. The second-order valence-corrected chi connectivity index (χ2v) is 3.86. The molecule has 1 aromatic carbocycles. The summed E-state index contributed by atoms with van der Waals surface area (Å²) >= 11 is 1.64. The fourth-order valence-corrected chi connectivity index (χ4v) is 1.74. The Labute approximate surface area is 81.7 Å². The normalized spacial score (nSPS) is 9.54. The molecule has 13 heavy (non-hydrogen) atoms. The molecule has 0 aliphatic heterocycles. The van der Waals surface area contributed by atoms with Crippen LogP contribution in [0.3, 0.4) is 0 Å². The molecule has 1 aromatic rings. The van der Waals surface area contributed by atoms with Gasteiger partial charge in [0.25, 0.3) is 0 Å². The molecule has 1 rings (SSSR count). The van der Waals surface area contributed by atoms with Gasteiger partial charge in [0, 0.05) is 4.90 Å². The van der Waals surface area contributed by atoms with Crippen molar-refractivity contribution in [3.63, 3.8) is 0 Å². The summed E-state index contributed by atoms with van der Waals surface area (Å²) in [6.07, 6.45) is 0. The average Bonchev–Trinajstić information content (AvgIpc) is 2.11. The van der Waals surface area contributed by atoms with E-state index in [2.05, 4.69) is 0 Å². The molecule has 0 heterocycles. The number of nitrogen functional groups attached to an aromatic ring is 2. The minimum atomic E-state index is 0.378. The van der Waals surface area contributed by atoms with Crippen molar-refractivity contribution >= 4 is 23.1 Å². The smallest absolute Gasteiger partial charge is 0.101 e. The van der Waals surface area contributed by atoms with Crippen LogP contribution in [0.5, 0.6) is 0 Å². The molecule has 0 atom stereocenters. The minimum Gasteiger partial charge on any atom is -0.397 e. The highest BCUT2D eigenvalue weighted by Crippen LogP contribution is 2.27. The van der Waals surface area contributed by atoms with Gasteiger partial charge < -0.3 is 11.5 Å². The van der Waals surface area contributed by atoms with Crippen LogP contribution in [-0.4, -0.2) is 5.75 Å². The lowest BCUT2D eigenvalue weighted by Gasteiger charge is -2.05. The molecule has 0 aliphatic carbocycles. The number of benzene rings is 1. The Bertz CT molecular complexity index is 355. The van der Waals surface area contributed by atoms with Gasteiger partial charge in [-0.15, -0.1) is 11.8 Å². The van der Waals surface area contributed by atoms with Gasteiger partial charge in [0.15, 0.2) is 0 Å². The van der Waals surface area contributed by atoms with Gasteiger partial charge >= 0.3 is 0 Å². The highest BCUT2D eigenvalue weighted by molar-refractivity contribution is 7.99. The van der Waals surface area contributed by atoms with E-state index in [4.69, 9.17) is 16.7 Å². The molecule has 0 unspecified atom stereocenters. The summed E-state index contributed by atoms with van der Waals surface area (Å²) < 4.78 is 0. The lowest BCUT2D eigenvalue weighted by Crippen LogP contribution is -1.98. The van der Waals surface area contributed by atoms with E-state index in [0.29, 0.717) is 16.9 Å². The van der Waals surface area contributed by atoms with Crippen LogP contribution in [0.2, 0.25) is 0 Å². The zero-order valence-corrected chi connectivity index (χ0v) is 8.19. The van der Waals surface area contributed by atoms with Gasteiger partial charge in [-0.2, -0.15) is 5.26 Å². The Morgan fingerprint density at radius 3 is 2.69 bits per heavy atom. The van der Waals surface area contributed by atoms with E-state index in [9.17, 15) is 0 Å². The van der Waals surface area contributed by atoms with E-state index in [1.807, 2.05) is 13.0 Å². The van der Waals surface area contributed by atoms with Gasteiger partial charge in [0.1, 0.15) is 6.07 Å². The van der Waals surface area contributed by atoms with Crippen LogP contribution < -0.4 is 11.5 Å². The number of hydrogen-bond donors (Lipinski definition) is 2. The maximum absolute atomic E-state index is 8.74. The van der Waals surface area contributed by atoms with E-state index >= 15 is 0 Å². The standard InChI is InChI=1S/C9H11N3S/c1-2-13-7-3-6(5-10)9(12)8(11)4-7/h3-4H,2,11-12H2,1H3. The van der Waals surface area contributed by atoms with Crippen LogP contribution in [0.1, 0.15) is 12.5 Å². The quantitative estimate of drug-likeness (QED) is 0.555. The minimum absolute atomic E-state index is 0.378. The fraction of sp³-hybridized carbons (Fsp3) is 0.222. The molecule has 0 radical (unpaired) electrons. The van der Waals surface area contributed by atoms with Crippen molar-refractivity contribution < 1.29 is 0 Å². The Morgan fingerprint density at radius 1 is 1.46 bits per heavy atom. The number of thioether (sulfide) groups is 1. The predicted molar refractivity (Wildman–Crippen MR) is 56.4 cm³/mol. The molecule has 4 heteroatoms. The molecule has 0 saturated carbocycles. The van der Waals surface area contributed by atoms with Crippen molar-refractivity contribution in [2.24, 2.45) is 0 Å². The third-order valence-corrected chi connectivity index (χ3v) is 2.47. The van der Waals surface area contributed by atoms with E-state index < -0.39 is 0 Å². The number of nitrogens with zero attached hydrogens (tertiary/aromatic N) is 1. The van der Waals surface area contributed by atoms with Gasteiger partial charge in [0.2, 0.25) is 0 Å². The summed E-state index contributed by atoms with van der Waals surface area (Å²) in [4.78, 5) is 0.991. The van der Waals surface area contributed by atoms with Gasteiger partial charge in [-0.1, -0.05) is 6.92 Å². The first-order chi connectivity index (χ1) is 6.19. The van der Waals surface area contributed by atoms with Crippen molar-refractivity contribution in [1.29, 1.82) is 5.26 Å². The summed E-state index contributed by atoms with van der Waals surface area (Å²) in [5.74, 6) is 0.953. The van der Waals surface area contributed by atoms with E-state index in [1.165, 1.54) is 0 Å². The van der Waals surface area contributed by atoms with Crippen LogP contribution in [-0.2, 0) is 0 Å². The summed E-state index contributed by atoms with van der Waals surface area (Å²) in [6, 6.07) is 5.58. The first-order valence-electron chi connectivity index (χ1n) is 3.91. The molecule has 0 saturated heterocycles. The topological polar surface area (TPSA) is 75.8 Å². The third kappa shape index (κ3) is 2.07. The first kappa shape index (κ1) is 9.75. The van der Waals surface area contributed by atoms with E-state index in [-0.39, 0.29) is 0 Å². The van der Waals surface area contributed by atoms with Gasteiger partial charge in [-0.25, -0.2) is 0 Å². The molecule has 0 aliphatic rings. The number of anilines is 2. The Hall–Kier alpha value is -1.34. The van der Waals surface area contributed by atoms with Crippen molar-refractivity contribution in [2.45, 2.75) is 11.8 Å². The number of nitrogens with two attached hydrogens (primary N) is 2. The second kappa shape index (κ2) is 4.06. The maximum Gasteiger partial charge on any atom is 0.101 e. The molecular formula is C9H11N3S. The molecular weight excluding hydrogens is 182 g/mol. The molecule has 0 fully saturated rings. The molecule has 0 spiro atoms. The third-order valence-electron chi connectivity index (χ3n) is 1.62. The monoisotopic (exact) mass is 193 g/mol. The van der Waals surface area contributed by atoms with Crippen molar-refractivity contribution in [3.8, 4) is 6.07 Å². The SMILES string of the molecule is CCSc1cc(N)c(N)c(C#N)c1. The molecule has 4 N–H and O–H groups in total. The Kier molecular flexibility index (Phi) is 3.04. The van der Waals surface area contributed by atoms with E-state index in [0.717, 1.165) is 10.6 Å². The Morgan fingerprint density at radius 2 is 2.15 bits per heavy atom. The Balaban J connectivity index is 3.16. The number of hydrogen-bond acceptors (Lipinski definition) is 4. The highest BCUT2D eigenvalue weighted by Gasteiger charge is 2.04. The lowest BCUT2D eigenvalue weighted by atomic mass is 10.2. The number of rotatable bonds is 2. The van der Waals surface area contributed by atoms with Gasteiger partial charge in [-0.05, 0) is 17.9 Å². The molecule has 68 valence electrons.